The van der Waals surface area contributed by atoms with E-state index in [2.05, 4.69) is 9.97 Å². The molecule has 0 bridgehead atoms. The van der Waals surface area contributed by atoms with Gasteiger partial charge in [-0.1, -0.05) is 0 Å². The third-order valence-corrected chi connectivity index (χ3v) is 1.94. The number of hydrogen-bond acceptors (Lipinski definition) is 3. The van der Waals surface area contributed by atoms with Crippen molar-refractivity contribution in [2.24, 2.45) is 7.05 Å². The van der Waals surface area contributed by atoms with Crippen molar-refractivity contribution < 1.29 is 4.74 Å². The normalized spacial score (nSPS) is 10.1. The average molecular weight is 189 g/mol. The molecule has 0 saturated carbocycles. The molecule has 4 heteroatoms. The fraction of sp³-hybridized carbons (Fsp3) is 0.200. The number of ether oxygens (including phenoxy) is 1. The highest BCUT2D eigenvalue weighted by atomic mass is 16.5. The van der Waals surface area contributed by atoms with E-state index in [0.29, 0.717) is 6.61 Å². The smallest absolute Gasteiger partial charge is 0.138 e. The maximum atomic E-state index is 5.51. The summed E-state index contributed by atoms with van der Waals surface area (Å²) in [5.74, 6) is 0.772. The summed E-state index contributed by atoms with van der Waals surface area (Å²) in [6, 6.07) is 3.72. The van der Waals surface area contributed by atoms with Crippen LogP contribution in [0.4, 0.5) is 0 Å². The average Bonchev–Trinajstić information content (AvgIpc) is 2.63. The Morgan fingerprint density at radius 1 is 1.36 bits per heavy atom. The lowest BCUT2D eigenvalue weighted by Gasteiger charge is -2.05. The quantitative estimate of drug-likeness (QED) is 0.732. The number of imidazole rings is 1. The monoisotopic (exact) mass is 189 g/mol. The number of aromatic nitrogens is 3. The molecule has 0 amide bonds. The highest BCUT2D eigenvalue weighted by Crippen LogP contribution is 2.09. The third-order valence-electron chi connectivity index (χ3n) is 1.94. The Balaban J connectivity index is 1.99. The second-order valence-electron chi connectivity index (χ2n) is 2.97. The summed E-state index contributed by atoms with van der Waals surface area (Å²) in [6.07, 6.45) is 6.95. The van der Waals surface area contributed by atoms with Crippen LogP contribution in [-0.2, 0) is 13.7 Å². The number of hydrogen-bond donors (Lipinski definition) is 0. The maximum absolute atomic E-state index is 5.51. The van der Waals surface area contributed by atoms with Gasteiger partial charge in [-0.3, -0.25) is 4.98 Å². The van der Waals surface area contributed by atoms with Crippen LogP contribution in [0.2, 0.25) is 0 Å². The van der Waals surface area contributed by atoms with Crippen LogP contribution >= 0.6 is 0 Å². The van der Waals surface area contributed by atoms with Gasteiger partial charge in [0.2, 0.25) is 0 Å². The van der Waals surface area contributed by atoms with Crippen molar-refractivity contribution in [3.8, 4) is 5.75 Å². The van der Waals surface area contributed by atoms with Crippen LogP contribution in [0.1, 0.15) is 5.69 Å². The Morgan fingerprint density at radius 3 is 2.93 bits per heavy atom. The van der Waals surface area contributed by atoms with Crippen LogP contribution in [0, 0.1) is 0 Å². The summed E-state index contributed by atoms with van der Waals surface area (Å²) >= 11 is 0. The number of aryl methyl sites for hydroxylation is 1. The molecule has 4 nitrogen and oxygen atoms in total. The van der Waals surface area contributed by atoms with Gasteiger partial charge < -0.3 is 9.30 Å². The van der Waals surface area contributed by atoms with E-state index in [1.54, 1.807) is 24.9 Å². The van der Waals surface area contributed by atoms with Gasteiger partial charge in [0.15, 0.2) is 0 Å². The van der Waals surface area contributed by atoms with Crippen LogP contribution in [0.15, 0.2) is 37.1 Å². The first-order chi connectivity index (χ1) is 6.86. The van der Waals surface area contributed by atoms with E-state index >= 15 is 0 Å². The molecule has 0 radical (unpaired) electrons. The van der Waals surface area contributed by atoms with Crippen molar-refractivity contribution in [2.45, 2.75) is 6.61 Å². The minimum Gasteiger partial charge on any atom is -0.486 e. The van der Waals surface area contributed by atoms with Crippen LogP contribution in [0.25, 0.3) is 0 Å². The molecule has 0 aromatic carbocycles. The van der Waals surface area contributed by atoms with Gasteiger partial charge in [-0.25, -0.2) is 4.98 Å². The fourth-order valence-electron chi connectivity index (χ4n) is 1.11. The first kappa shape index (κ1) is 8.74. The molecule has 2 aromatic rings. The summed E-state index contributed by atoms with van der Waals surface area (Å²) < 4.78 is 7.43. The molecule has 2 heterocycles. The van der Waals surface area contributed by atoms with Crippen molar-refractivity contribution in [3.63, 3.8) is 0 Å². The molecule has 0 saturated heterocycles. The number of rotatable bonds is 3. The zero-order valence-electron chi connectivity index (χ0n) is 7.92. The molecule has 0 aliphatic heterocycles. The Labute approximate surface area is 82.2 Å². The molecule has 0 atom stereocenters. The maximum Gasteiger partial charge on any atom is 0.138 e. The molecule has 0 aliphatic carbocycles. The molecular formula is C10H11N3O. The highest BCUT2D eigenvalue weighted by molar-refractivity contribution is 5.15. The zero-order chi connectivity index (χ0) is 9.80. The molecule has 0 aliphatic rings. The van der Waals surface area contributed by atoms with Gasteiger partial charge in [-0.05, 0) is 12.1 Å². The van der Waals surface area contributed by atoms with E-state index in [0.717, 1.165) is 11.4 Å². The predicted molar refractivity (Wildman–Crippen MR) is 51.8 cm³/mol. The van der Waals surface area contributed by atoms with Crippen LogP contribution in [0.3, 0.4) is 0 Å². The lowest BCUT2D eigenvalue weighted by molar-refractivity contribution is 0.296. The van der Waals surface area contributed by atoms with E-state index < -0.39 is 0 Å². The van der Waals surface area contributed by atoms with Crippen molar-refractivity contribution >= 4 is 0 Å². The van der Waals surface area contributed by atoms with E-state index in [1.165, 1.54) is 0 Å². The Kier molecular flexibility index (Phi) is 2.44. The van der Waals surface area contributed by atoms with E-state index in [-0.39, 0.29) is 0 Å². The summed E-state index contributed by atoms with van der Waals surface area (Å²) in [4.78, 5) is 7.96. The minimum atomic E-state index is 0.516. The number of pyridine rings is 1. The van der Waals surface area contributed by atoms with Crippen molar-refractivity contribution in [1.82, 2.24) is 14.5 Å². The summed E-state index contributed by atoms with van der Waals surface area (Å²) in [7, 11) is 1.94. The summed E-state index contributed by atoms with van der Waals surface area (Å²) in [5.41, 5.74) is 1.04. The van der Waals surface area contributed by atoms with Gasteiger partial charge >= 0.3 is 0 Å². The molecule has 0 N–H and O–H groups in total. The van der Waals surface area contributed by atoms with E-state index in [1.807, 2.05) is 23.7 Å². The summed E-state index contributed by atoms with van der Waals surface area (Å²) in [5, 5.41) is 0. The second kappa shape index (κ2) is 3.91. The molecule has 2 aromatic heterocycles. The molecule has 0 unspecified atom stereocenters. The van der Waals surface area contributed by atoms with Crippen LogP contribution in [0.5, 0.6) is 5.75 Å². The topological polar surface area (TPSA) is 39.9 Å². The van der Waals surface area contributed by atoms with Gasteiger partial charge in [0, 0.05) is 13.2 Å². The second-order valence-corrected chi connectivity index (χ2v) is 2.97. The molecular weight excluding hydrogens is 178 g/mol. The fourth-order valence-corrected chi connectivity index (χ4v) is 1.11. The minimum absolute atomic E-state index is 0.516. The summed E-state index contributed by atoms with van der Waals surface area (Å²) in [6.45, 7) is 0.516. The molecule has 14 heavy (non-hydrogen) atoms. The van der Waals surface area contributed by atoms with Crippen molar-refractivity contribution in [3.05, 3.63) is 42.7 Å². The van der Waals surface area contributed by atoms with E-state index in [9.17, 15) is 0 Å². The van der Waals surface area contributed by atoms with Gasteiger partial charge in [0.1, 0.15) is 12.4 Å². The Morgan fingerprint density at radius 2 is 2.29 bits per heavy atom. The molecule has 2 rings (SSSR count). The molecule has 0 spiro atoms. The van der Waals surface area contributed by atoms with E-state index in [4.69, 9.17) is 4.74 Å². The van der Waals surface area contributed by atoms with Crippen LogP contribution in [-0.4, -0.2) is 14.5 Å². The van der Waals surface area contributed by atoms with Gasteiger partial charge in [-0.2, -0.15) is 0 Å². The predicted octanol–water partition coefficient (Wildman–Crippen LogP) is 1.39. The van der Waals surface area contributed by atoms with Crippen LogP contribution < -0.4 is 4.74 Å². The van der Waals surface area contributed by atoms with Gasteiger partial charge in [0.25, 0.3) is 0 Å². The Hall–Kier alpha value is -1.84. The number of nitrogens with zero attached hydrogens (tertiary/aromatic N) is 3. The lowest BCUT2D eigenvalue weighted by Crippen LogP contribution is -2.00. The largest absolute Gasteiger partial charge is 0.486 e. The SMILES string of the molecule is Cn1cncc1COc1cccnc1. The van der Waals surface area contributed by atoms with Crippen molar-refractivity contribution in [1.29, 1.82) is 0 Å². The lowest BCUT2D eigenvalue weighted by atomic mass is 10.4. The third kappa shape index (κ3) is 1.90. The van der Waals surface area contributed by atoms with Gasteiger partial charge in [0.05, 0.1) is 24.4 Å². The van der Waals surface area contributed by atoms with Gasteiger partial charge in [-0.15, -0.1) is 0 Å². The molecule has 0 fully saturated rings. The Bertz CT molecular complexity index is 397. The first-order valence-electron chi connectivity index (χ1n) is 4.34. The standard InChI is InChI=1S/C10H11N3O/c1-13-8-12-5-9(13)7-14-10-3-2-4-11-6-10/h2-6,8H,7H2,1H3. The highest BCUT2D eigenvalue weighted by Gasteiger charge is 1.98. The zero-order valence-corrected chi connectivity index (χ0v) is 7.92. The van der Waals surface area contributed by atoms with Crippen molar-refractivity contribution in [2.75, 3.05) is 0 Å². The first-order valence-corrected chi connectivity index (χ1v) is 4.34. The molecule has 72 valence electrons.